The van der Waals surface area contributed by atoms with Crippen molar-refractivity contribution in [3.63, 3.8) is 0 Å². The lowest BCUT2D eigenvalue weighted by Gasteiger charge is -2.00. The Bertz CT molecular complexity index is 534. The Labute approximate surface area is 86.5 Å². The minimum atomic E-state index is 0.446. The second kappa shape index (κ2) is 3.88. The summed E-state index contributed by atoms with van der Waals surface area (Å²) >= 11 is 0. The zero-order valence-electron chi connectivity index (χ0n) is 7.92. The van der Waals surface area contributed by atoms with Gasteiger partial charge < -0.3 is 5.73 Å². The van der Waals surface area contributed by atoms with Crippen LogP contribution in [0.25, 0.3) is 17.0 Å². The smallest absolute Gasteiger partial charge is 0.142 e. The summed E-state index contributed by atoms with van der Waals surface area (Å²) in [5.41, 5.74) is 7.41. The average Bonchev–Trinajstić information content (AvgIpc) is 2.27. The maximum atomic E-state index is 10.2. The monoisotopic (exact) mass is 199 g/mol. The lowest BCUT2D eigenvalue weighted by molar-refractivity contribution is -0.104. The third kappa shape index (κ3) is 1.83. The molecule has 0 amide bonds. The molecule has 0 aliphatic heterocycles. The molecule has 0 bridgehead atoms. The number of anilines is 1. The summed E-state index contributed by atoms with van der Waals surface area (Å²) in [6.07, 6.45) is 5.30. The summed E-state index contributed by atoms with van der Waals surface area (Å²) in [6, 6.07) is 5.57. The molecule has 1 aromatic carbocycles. The van der Waals surface area contributed by atoms with Gasteiger partial charge in [0.25, 0.3) is 0 Å². The minimum Gasteiger partial charge on any atom is -0.383 e. The van der Waals surface area contributed by atoms with Crippen LogP contribution in [0.5, 0.6) is 0 Å². The van der Waals surface area contributed by atoms with E-state index >= 15 is 0 Å². The van der Waals surface area contributed by atoms with Crippen LogP contribution in [0.1, 0.15) is 5.56 Å². The van der Waals surface area contributed by atoms with E-state index in [0.29, 0.717) is 5.82 Å². The summed E-state index contributed by atoms with van der Waals surface area (Å²) in [6.45, 7) is 0. The standard InChI is InChI=1S/C11H9N3O/c12-11-9-6-8(2-1-5-15)3-4-10(9)13-7-14-11/h1-7H,(H2,12,13,14). The number of hydrogen-bond acceptors (Lipinski definition) is 4. The van der Waals surface area contributed by atoms with Gasteiger partial charge in [0.15, 0.2) is 0 Å². The van der Waals surface area contributed by atoms with Crippen molar-refractivity contribution in [2.45, 2.75) is 0 Å². The van der Waals surface area contributed by atoms with E-state index < -0.39 is 0 Å². The molecular formula is C11H9N3O. The van der Waals surface area contributed by atoms with Crippen LogP contribution in [0, 0.1) is 0 Å². The summed E-state index contributed by atoms with van der Waals surface area (Å²) in [7, 11) is 0. The fourth-order valence-electron chi connectivity index (χ4n) is 1.35. The number of nitrogen functional groups attached to an aromatic ring is 1. The molecule has 0 saturated heterocycles. The fourth-order valence-corrected chi connectivity index (χ4v) is 1.35. The predicted molar refractivity (Wildman–Crippen MR) is 59.0 cm³/mol. The maximum absolute atomic E-state index is 10.2. The number of nitrogens with zero attached hydrogens (tertiary/aromatic N) is 2. The highest BCUT2D eigenvalue weighted by atomic mass is 16.1. The molecule has 0 aliphatic carbocycles. The van der Waals surface area contributed by atoms with Gasteiger partial charge in [0.2, 0.25) is 0 Å². The van der Waals surface area contributed by atoms with E-state index in [0.717, 1.165) is 22.8 Å². The van der Waals surface area contributed by atoms with Crippen molar-refractivity contribution in [2.75, 3.05) is 5.73 Å². The second-order valence-electron chi connectivity index (χ2n) is 3.03. The van der Waals surface area contributed by atoms with Gasteiger partial charge in [0, 0.05) is 5.39 Å². The molecule has 2 N–H and O–H groups in total. The van der Waals surface area contributed by atoms with E-state index in [2.05, 4.69) is 9.97 Å². The van der Waals surface area contributed by atoms with Gasteiger partial charge in [-0.25, -0.2) is 9.97 Å². The molecule has 0 aliphatic rings. The van der Waals surface area contributed by atoms with Crippen LogP contribution >= 0.6 is 0 Å². The number of rotatable bonds is 2. The van der Waals surface area contributed by atoms with Crippen LogP contribution in [0.15, 0.2) is 30.6 Å². The third-order valence-electron chi connectivity index (χ3n) is 2.06. The number of fused-ring (bicyclic) bond motifs is 1. The van der Waals surface area contributed by atoms with E-state index in [9.17, 15) is 4.79 Å². The molecule has 0 fully saturated rings. The summed E-state index contributed by atoms with van der Waals surface area (Å²) in [5.74, 6) is 0.446. The van der Waals surface area contributed by atoms with E-state index in [1.165, 1.54) is 12.4 Å². The summed E-state index contributed by atoms with van der Waals surface area (Å²) < 4.78 is 0. The molecule has 0 saturated carbocycles. The highest BCUT2D eigenvalue weighted by Crippen LogP contribution is 2.18. The lowest BCUT2D eigenvalue weighted by atomic mass is 10.1. The van der Waals surface area contributed by atoms with Crippen LogP contribution in [0.4, 0.5) is 5.82 Å². The van der Waals surface area contributed by atoms with Crippen LogP contribution in [0.3, 0.4) is 0 Å². The van der Waals surface area contributed by atoms with Crippen molar-refractivity contribution < 1.29 is 4.79 Å². The number of carbonyl (C=O) groups is 1. The van der Waals surface area contributed by atoms with Crippen molar-refractivity contribution in [3.8, 4) is 0 Å². The van der Waals surface area contributed by atoms with Gasteiger partial charge in [-0.3, -0.25) is 4.79 Å². The number of carbonyl (C=O) groups excluding carboxylic acids is 1. The van der Waals surface area contributed by atoms with E-state index in [-0.39, 0.29) is 0 Å². The molecule has 4 heteroatoms. The van der Waals surface area contributed by atoms with Crippen molar-refractivity contribution >= 4 is 29.1 Å². The number of hydrogen-bond donors (Lipinski definition) is 1. The van der Waals surface area contributed by atoms with Gasteiger partial charge in [0.05, 0.1) is 5.52 Å². The fraction of sp³-hybridized carbons (Fsp3) is 0. The first-order chi connectivity index (χ1) is 7.31. The van der Waals surface area contributed by atoms with Crippen molar-refractivity contribution in [2.24, 2.45) is 0 Å². The normalized spacial score (nSPS) is 10.9. The topological polar surface area (TPSA) is 68.9 Å². The maximum Gasteiger partial charge on any atom is 0.142 e. The Balaban J connectivity index is 2.59. The first-order valence-corrected chi connectivity index (χ1v) is 4.43. The van der Waals surface area contributed by atoms with Gasteiger partial charge in [-0.05, 0) is 23.8 Å². The highest BCUT2D eigenvalue weighted by molar-refractivity contribution is 5.90. The van der Waals surface area contributed by atoms with E-state index in [4.69, 9.17) is 5.73 Å². The van der Waals surface area contributed by atoms with E-state index in [1.54, 1.807) is 6.08 Å². The Hall–Kier alpha value is -2.23. The number of aldehydes is 1. The summed E-state index contributed by atoms with van der Waals surface area (Å²) in [4.78, 5) is 18.2. The molecule has 4 nitrogen and oxygen atoms in total. The first-order valence-electron chi connectivity index (χ1n) is 4.43. The van der Waals surface area contributed by atoms with Crippen molar-refractivity contribution in [3.05, 3.63) is 36.2 Å². The van der Waals surface area contributed by atoms with Crippen LogP contribution < -0.4 is 5.73 Å². The third-order valence-corrected chi connectivity index (χ3v) is 2.06. The number of aromatic nitrogens is 2. The predicted octanol–water partition coefficient (Wildman–Crippen LogP) is 1.42. The molecule has 0 atom stereocenters. The zero-order valence-corrected chi connectivity index (χ0v) is 7.92. The number of nitrogens with two attached hydrogens (primary N) is 1. The molecule has 0 unspecified atom stereocenters. The Morgan fingerprint density at radius 3 is 2.93 bits per heavy atom. The first kappa shape index (κ1) is 9.33. The van der Waals surface area contributed by atoms with Gasteiger partial charge in [0.1, 0.15) is 18.4 Å². The Morgan fingerprint density at radius 2 is 2.13 bits per heavy atom. The van der Waals surface area contributed by atoms with Crippen molar-refractivity contribution in [1.82, 2.24) is 9.97 Å². The number of benzene rings is 1. The van der Waals surface area contributed by atoms with Crippen LogP contribution in [-0.2, 0) is 4.79 Å². The number of allylic oxidation sites excluding steroid dienone is 1. The molecular weight excluding hydrogens is 190 g/mol. The SMILES string of the molecule is Nc1ncnc2ccc(C=CC=O)cc12. The minimum absolute atomic E-state index is 0.446. The van der Waals surface area contributed by atoms with Gasteiger partial charge in [-0.2, -0.15) is 0 Å². The Morgan fingerprint density at radius 1 is 1.27 bits per heavy atom. The van der Waals surface area contributed by atoms with Gasteiger partial charge in [-0.15, -0.1) is 0 Å². The van der Waals surface area contributed by atoms with E-state index in [1.807, 2.05) is 18.2 Å². The molecule has 74 valence electrons. The van der Waals surface area contributed by atoms with Gasteiger partial charge >= 0.3 is 0 Å². The van der Waals surface area contributed by atoms with Crippen LogP contribution in [-0.4, -0.2) is 16.3 Å². The molecule has 0 radical (unpaired) electrons. The summed E-state index contributed by atoms with van der Waals surface area (Å²) in [5, 5.41) is 0.797. The quantitative estimate of drug-likeness (QED) is 0.586. The molecule has 2 rings (SSSR count). The highest BCUT2D eigenvalue weighted by Gasteiger charge is 1.99. The molecule has 15 heavy (non-hydrogen) atoms. The van der Waals surface area contributed by atoms with Crippen molar-refractivity contribution in [1.29, 1.82) is 0 Å². The lowest BCUT2D eigenvalue weighted by Crippen LogP contribution is -1.93. The second-order valence-corrected chi connectivity index (χ2v) is 3.03. The van der Waals surface area contributed by atoms with Gasteiger partial charge in [-0.1, -0.05) is 12.1 Å². The van der Waals surface area contributed by atoms with Crippen LogP contribution in [0.2, 0.25) is 0 Å². The Kier molecular flexibility index (Phi) is 2.41. The molecule has 0 spiro atoms. The average molecular weight is 199 g/mol. The molecule has 1 aromatic heterocycles. The molecule has 2 aromatic rings. The largest absolute Gasteiger partial charge is 0.383 e. The zero-order chi connectivity index (χ0) is 10.7. The molecule has 1 heterocycles.